The molecular weight excluding hydrogens is 160 g/mol. The van der Waals surface area contributed by atoms with Crippen molar-refractivity contribution < 1.29 is 0 Å². The molecule has 0 amide bonds. The van der Waals surface area contributed by atoms with Gasteiger partial charge < -0.3 is 0 Å². The Kier molecular flexibility index (Phi) is 6.03. The summed E-state index contributed by atoms with van der Waals surface area (Å²) in [7, 11) is 0. The Morgan fingerprint density at radius 2 is 1.90 bits per heavy atom. The van der Waals surface area contributed by atoms with Crippen molar-refractivity contribution in [3.63, 3.8) is 0 Å². The van der Waals surface area contributed by atoms with E-state index in [0.717, 1.165) is 35.4 Å². The summed E-state index contributed by atoms with van der Waals surface area (Å²) >= 11 is 9.93. The van der Waals surface area contributed by atoms with Gasteiger partial charge in [0.05, 0.1) is 0 Å². The Morgan fingerprint density at radius 3 is 2.30 bits per heavy atom. The lowest BCUT2D eigenvalue weighted by Crippen LogP contribution is -1.93. The molecule has 0 N–H and O–H groups in total. The van der Waals surface area contributed by atoms with Crippen molar-refractivity contribution in [2.45, 2.75) is 32.6 Å². The highest BCUT2D eigenvalue weighted by Crippen LogP contribution is 2.01. The van der Waals surface area contributed by atoms with Crippen LogP contribution in [0.3, 0.4) is 0 Å². The zero-order valence-corrected chi connectivity index (χ0v) is 7.99. The molecular formula is C8H13S2. The zero-order valence-electron chi connectivity index (χ0n) is 6.35. The summed E-state index contributed by atoms with van der Waals surface area (Å²) < 4.78 is 0. The van der Waals surface area contributed by atoms with Crippen molar-refractivity contribution in [1.29, 1.82) is 0 Å². The van der Waals surface area contributed by atoms with Crippen molar-refractivity contribution >= 4 is 34.2 Å². The van der Waals surface area contributed by atoms with Gasteiger partial charge in [-0.25, -0.2) is 0 Å². The van der Waals surface area contributed by atoms with Gasteiger partial charge in [0.25, 0.3) is 0 Å². The van der Waals surface area contributed by atoms with Crippen molar-refractivity contribution in [1.82, 2.24) is 0 Å². The third-order valence-corrected chi connectivity index (χ3v) is 1.88. The maximum atomic E-state index is 5.00. The van der Waals surface area contributed by atoms with Gasteiger partial charge in [-0.3, -0.25) is 0 Å². The molecule has 0 bridgehead atoms. The molecule has 0 atom stereocenters. The lowest BCUT2D eigenvalue weighted by Gasteiger charge is -1.98. The molecule has 0 unspecified atom stereocenters. The lowest BCUT2D eigenvalue weighted by molar-refractivity contribution is 0.927. The van der Waals surface area contributed by atoms with Crippen LogP contribution in [0.2, 0.25) is 0 Å². The molecule has 0 saturated carbocycles. The van der Waals surface area contributed by atoms with Crippen LogP contribution in [0.5, 0.6) is 0 Å². The van der Waals surface area contributed by atoms with Gasteiger partial charge in [-0.1, -0.05) is 24.4 Å². The monoisotopic (exact) mass is 173 g/mol. The second-order valence-corrected chi connectivity index (χ2v) is 3.62. The number of hydrogen-bond donors (Lipinski definition) is 0. The Hall–Kier alpha value is 0.180. The van der Waals surface area contributed by atoms with E-state index < -0.39 is 0 Å². The molecule has 0 spiro atoms. The molecule has 0 rings (SSSR count). The second kappa shape index (κ2) is 5.93. The minimum absolute atomic E-state index is 0.784. The zero-order chi connectivity index (χ0) is 7.98. The average molecular weight is 173 g/mol. The van der Waals surface area contributed by atoms with Gasteiger partial charge in [-0.15, -0.1) is 0 Å². The molecule has 2 heteroatoms. The predicted molar refractivity (Wildman–Crippen MR) is 54.7 cm³/mol. The first-order valence-electron chi connectivity index (χ1n) is 3.47. The molecule has 0 aliphatic rings. The highest BCUT2D eigenvalue weighted by molar-refractivity contribution is 7.80. The molecule has 0 aliphatic heterocycles. The maximum Gasteiger partial charge on any atom is -0.00714 e. The van der Waals surface area contributed by atoms with Crippen molar-refractivity contribution in [2.75, 3.05) is 0 Å². The van der Waals surface area contributed by atoms with E-state index in [9.17, 15) is 0 Å². The maximum absolute atomic E-state index is 5.00. The van der Waals surface area contributed by atoms with E-state index in [1.165, 1.54) is 0 Å². The molecule has 10 heavy (non-hydrogen) atoms. The fourth-order valence-corrected chi connectivity index (χ4v) is 0.948. The number of rotatable bonds is 5. The normalized spacial score (nSPS) is 9.40. The molecule has 0 saturated heterocycles. The molecule has 1 radical (unpaired) electrons. The van der Waals surface area contributed by atoms with Gasteiger partial charge in [-0.2, -0.15) is 0 Å². The van der Waals surface area contributed by atoms with E-state index in [1.807, 2.05) is 6.92 Å². The van der Waals surface area contributed by atoms with E-state index >= 15 is 0 Å². The first-order chi connectivity index (χ1) is 4.66. The summed E-state index contributed by atoms with van der Waals surface area (Å²) in [6.45, 7) is 5.68. The largest absolute Gasteiger partial charge is 0.0900 e. The molecule has 0 aliphatic carbocycles. The molecule has 57 valence electrons. The third-order valence-electron chi connectivity index (χ3n) is 1.26. The molecule has 0 aromatic heterocycles. The van der Waals surface area contributed by atoms with Crippen LogP contribution in [0.15, 0.2) is 0 Å². The third kappa shape index (κ3) is 6.30. The van der Waals surface area contributed by atoms with Crippen molar-refractivity contribution in [2.24, 2.45) is 0 Å². The van der Waals surface area contributed by atoms with Crippen molar-refractivity contribution in [3.05, 3.63) is 6.92 Å². The average Bonchev–Trinajstić information content (AvgIpc) is 1.87. The van der Waals surface area contributed by atoms with E-state index in [2.05, 4.69) is 6.92 Å². The molecule has 0 heterocycles. The minimum atomic E-state index is 0.784. The number of thiocarbonyl (C=S) groups is 2. The summed E-state index contributed by atoms with van der Waals surface area (Å²) in [6, 6.07) is 0. The van der Waals surface area contributed by atoms with E-state index in [4.69, 9.17) is 24.4 Å². The summed E-state index contributed by atoms with van der Waals surface area (Å²) in [5.74, 6) is 0. The standard InChI is InChI=1S/C8H13S2/c1-3-8(10)6-4-5-7(2)9/h1,3-6H2,2H3. The van der Waals surface area contributed by atoms with E-state index in [0.29, 0.717) is 0 Å². The number of hydrogen-bond acceptors (Lipinski definition) is 2. The molecule has 0 aromatic rings. The van der Waals surface area contributed by atoms with E-state index in [-0.39, 0.29) is 0 Å². The van der Waals surface area contributed by atoms with Crippen LogP contribution in [0.4, 0.5) is 0 Å². The highest BCUT2D eigenvalue weighted by atomic mass is 32.1. The van der Waals surface area contributed by atoms with Gasteiger partial charge >= 0.3 is 0 Å². The Balaban J connectivity index is 3.20. The first kappa shape index (κ1) is 10.2. The van der Waals surface area contributed by atoms with Crippen LogP contribution >= 0.6 is 24.4 Å². The Labute approximate surface area is 74.0 Å². The fraction of sp³-hybridized carbons (Fsp3) is 0.625. The Bertz CT molecular complexity index is 127. The summed E-state index contributed by atoms with van der Waals surface area (Å²) in [4.78, 5) is 2.14. The van der Waals surface area contributed by atoms with Gasteiger partial charge in [0.15, 0.2) is 0 Å². The van der Waals surface area contributed by atoms with Crippen LogP contribution in [-0.2, 0) is 0 Å². The summed E-state index contributed by atoms with van der Waals surface area (Å²) in [5.41, 5.74) is 0. The Morgan fingerprint density at radius 1 is 1.30 bits per heavy atom. The summed E-state index contributed by atoms with van der Waals surface area (Å²) in [5, 5.41) is 0. The van der Waals surface area contributed by atoms with Crippen LogP contribution in [0.1, 0.15) is 32.6 Å². The fourth-order valence-electron chi connectivity index (χ4n) is 0.660. The highest BCUT2D eigenvalue weighted by Gasteiger charge is 1.93. The quantitative estimate of drug-likeness (QED) is 0.586. The lowest BCUT2D eigenvalue weighted by atomic mass is 10.1. The molecule has 0 aromatic carbocycles. The minimum Gasteiger partial charge on any atom is -0.0900 e. The first-order valence-corrected chi connectivity index (χ1v) is 4.29. The van der Waals surface area contributed by atoms with E-state index in [1.54, 1.807) is 0 Å². The van der Waals surface area contributed by atoms with Crippen LogP contribution in [0, 0.1) is 6.92 Å². The molecule has 0 nitrogen and oxygen atoms in total. The SMILES string of the molecule is [CH2]CC(=S)CCCC(C)=S. The molecule has 0 fully saturated rings. The van der Waals surface area contributed by atoms with Crippen LogP contribution in [0.25, 0.3) is 0 Å². The van der Waals surface area contributed by atoms with Crippen LogP contribution in [-0.4, -0.2) is 9.73 Å². The second-order valence-electron chi connectivity index (χ2n) is 2.34. The van der Waals surface area contributed by atoms with Crippen LogP contribution < -0.4 is 0 Å². The van der Waals surface area contributed by atoms with Gasteiger partial charge in [-0.05, 0) is 49.3 Å². The van der Waals surface area contributed by atoms with Gasteiger partial charge in [0.1, 0.15) is 0 Å². The summed E-state index contributed by atoms with van der Waals surface area (Å²) in [6.07, 6.45) is 3.91. The van der Waals surface area contributed by atoms with Gasteiger partial charge in [0, 0.05) is 0 Å². The van der Waals surface area contributed by atoms with Gasteiger partial charge in [0.2, 0.25) is 0 Å². The smallest absolute Gasteiger partial charge is 0.00714 e. The predicted octanol–water partition coefficient (Wildman–Crippen LogP) is 3.14. The topological polar surface area (TPSA) is 0 Å². The van der Waals surface area contributed by atoms with Crippen molar-refractivity contribution in [3.8, 4) is 0 Å².